The molecule has 178 valence electrons. The van der Waals surface area contributed by atoms with E-state index in [2.05, 4.69) is 10.1 Å². The molecular weight excluding hydrogens is 456 g/mol. The van der Waals surface area contributed by atoms with Gasteiger partial charge in [0.2, 0.25) is 15.9 Å². The summed E-state index contributed by atoms with van der Waals surface area (Å²) in [4.78, 5) is 36.8. The van der Waals surface area contributed by atoms with Crippen LogP contribution < -0.4 is 19.1 Å². The third-order valence-electron chi connectivity index (χ3n) is 4.46. The van der Waals surface area contributed by atoms with Crippen molar-refractivity contribution in [3.8, 4) is 11.5 Å². The SMILES string of the molecule is COC(=O)c1ccc(C(=O)OC)c(NC(=O)CN(c2ccc(OC)cc2OC)S(C)(=O)=O)c1. The molecular formula is C21H24N2O9S. The molecule has 0 aliphatic heterocycles. The Morgan fingerprint density at radius 3 is 2.12 bits per heavy atom. The number of methoxy groups -OCH3 is 4. The number of nitrogens with zero attached hydrogens (tertiary/aromatic N) is 1. The number of rotatable bonds is 9. The molecule has 0 saturated heterocycles. The van der Waals surface area contributed by atoms with E-state index in [1.54, 1.807) is 0 Å². The van der Waals surface area contributed by atoms with Gasteiger partial charge >= 0.3 is 11.9 Å². The van der Waals surface area contributed by atoms with Crippen molar-refractivity contribution in [1.29, 1.82) is 0 Å². The summed E-state index contributed by atoms with van der Waals surface area (Å²) in [6, 6.07) is 8.27. The molecule has 2 aromatic carbocycles. The molecule has 0 aromatic heterocycles. The number of carbonyl (C=O) groups is 3. The van der Waals surface area contributed by atoms with Crippen LogP contribution in [-0.2, 0) is 24.3 Å². The van der Waals surface area contributed by atoms with Crippen molar-refractivity contribution < 1.29 is 41.7 Å². The van der Waals surface area contributed by atoms with E-state index in [9.17, 15) is 22.8 Å². The average molecular weight is 480 g/mol. The highest BCUT2D eigenvalue weighted by Crippen LogP contribution is 2.33. The number of amides is 1. The molecule has 0 fully saturated rings. The van der Waals surface area contributed by atoms with E-state index < -0.39 is 34.4 Å². The monoisotopic (exact) mass is 480 g/mol. The van der Waals surface area contributed by atoms with Gasteiger partial charge in [-0.1, -0.05) is 0 Å². The summed E-state index contributed by atoms with van der Waals surface area (Å²) < 4.78 is 45.5. The molecule has 0 aliphatic rings. The minimum Gasteiger partial charge on any atom is -0.497 e. The standard InChI is InChI=1S/C21H24N2O9S/c1-29-14-7-9-17(18(11-14)30-2)23(33(5,27)28)12-19(24)22-16-10-13(20(25)31-3)6-8-15(16)21(26)32-4/h6-11H,12H2,1-5H3,(H,22,24). The Bertz CT molecular complexity index is 1160. The highest BCUT2D eigenvalue weighted by atomic mass is 32.2. The quantitative estimate of drug-likeness (QED) is 0.531. The van der Waals surface area contributed by atoms with E-state index in [0.29, 0.717) is 5.75 Å². The summed E-state index contributed by atoms with van der Waals surface area (Å²) in [5, 5.41) is 2.46. The molecule has 1 N–H and O–H groups in total. The zero-order valence-corrected chi connectivity index (χ0v) is 19.5. The Kier molecular flexibility index (Phi) is 8.24. The lowest BCUT2D eigenvalue weighted by Crippen LogP contribution is -2.38. The molecule has 33 heavy (non-hydrogen) atoms. The predicted molar refractivity (Wildman–Crippen MR) is 119 cm³/mol. The van der Waals surface area contributed by atoms with Crippen LogP contribution in [0.25, 0.3) is 0 Å². The van der Waals surface area contributed by atoms with Crippen molar-refractivity contribution >= 4 is 39.2 Å². The topological polar surface area (TPSA) is 138 Å². The van der Waals surface area contributed by atoms with Crippen LogP contribution in [0.3, 0.4) is 0 Å². The zero-order valence-electron chi connectivity index (χ0n) is 18.7. The molecule has 0 unspecified atom stereocenters. The first-order chi connectivity index (χ1) is 15.5. The maximum Gasteiger partial charge on any atom is 0.339 e. The lowest BCUT2D eigenvalue weighted by atomic mass is 10.1. The van der Waals surface area contributed by atoms with Crippen LogP contribution in [0.1, 0.15) is 20.7 Å². The molecule has 2 rings (SSSR count). The molecule has 0 atom stereocenters. The molecule has 12 heteroatoms. The molecule has 0 heterocycles. The van der Waals surface area contributed by atoms with Crippen LogP contribution in [-0.4, -0.2) is 67.5 Å². The summed E-state index contributed by atoms with van der Waals surface area (Å²) in [7, 11) is 1.20. The maximum absolute atomic E-state index is 12.8. The normalized spacial score (nSPS) is 10.7. The Labute approximate surface area is 191 Å². The number of esters is 2. The first-order valence-corrected chi connectivity index (χ1v) is 11.2. The number of sulfonamides is 1. The minimum absolute atomic E-state index is 0.0357. The smallest absolute Gasteiger partial charge is 0.339 e. The Balaban J connectivity index is 2.43. The van der Waals surface area contributed by atoms with E-state index in [4.69, 9.17) is 14.2 Å². The molecule has 0 saturated carbocycles. The fourth-order valence-corrected chi connectivity index (χ4v) is 3.73. The fraction of sp³-hybridized carbons (Fsp3) is 0.286. The molecule has 2 aromatic rings. The summed E-state index contributed by atoms with van der Waals surface area (Å²) in [6.45, 7) is -0.648. The van der Waals surface area contributed by atoms with E-state index in [0.717, 1.165) is 17.7 Å². The van der Waals surface area contributed by atoms with Crippen molar-refractivity contribution in [2.24, 2.45) is 0 Å². The molecule has 0 bridgehead atoms. The van der Waals surface area contributed by atoms with Crippen LogP contribution in [0.15, 0.2) is 36.4 Å². The van der Waals surface area contributed by atoms with E-state index in [-0.39, 0.29) is 28.3 Å². The second kappa shape index (κ2) is 10.7. The third kappa shape index (κ3) is 6.13. The van der Waals surface area contributed by atoms with Gasteiger partial charge in [-0.05, 0) is 30.3 Å². The van der Waals surface area contributed by atoms with Gasteiger partial charge in [0.1, 0.15) is 18.0 Å². The van der Waals surface area contributed by atoms with Gasteiger partial charge in [0, 0.05) is 6.07 Å². The number of ether oxygens (including phenoxy) is 4. The number of benzene rings is 2. The average Bonchev–Trinajstić information content (AvgIpc) is 2.80. The Hall–Kier alpha value is -3.80. The van der Waals surface area contributed by atoms with Gasteiger partial charge in [0.25, 0.3) is 0 Å². The lowest BCUT2D eigenvalue weighted by molar-refractivity contribution is -0.114. The van der Waals surface area contributed by atoms with Gasteiger partial charge in [-0.2, -0.15) is 0 Å². The minimum atomic E-state index is -3.93. The van der Waals surface area contributed by atoms with Crippen LogP contribution in [0.2, 0.25) is 0 Å². The van der Waals surface area contributed by atoms with Crippen LogP contribution in [0, 0.1) is 0 Å². The van der Waals surface area contributed by atoms with Gasteiger partial charge in [-0.25, -0.2) is 18.0 Å². The fourth-order valence-electron chi connectivity index (χ4n) is 2.87. The number of hydrogen-bond donors (Lipinski definition) is 1. The molecule has 0 aliphatic carbocycles. The summed E-state index contributed by atoms with van der Waals surface area (Å²) in [5.74, 6) is -1.65. The molecule has 0 radical (unpaired) electrons. The van der Waals surface area contributed by atoms with Gasteiger partial charge in [-0.3, -0.25) is 9.10 Å². The van der Waals surface area contributed by atoms with E-state index in [1.165, 1.54) is 57.7 Å². The Morgan fingerprint density at radius 2 is 1.58 bits per heavy atom. The number of carbonyl (C=O) groups excluding carboxylic acids is 3. The number of anilines is 2. The van der Waals surface area contributed by atoms with Crippen molar-refractivity contribution in [3.63, 3.8) is 0 Å². The second-order valence-corrected chi connectivity index (χ2v) is 8.51. The predicted octanol–water partition coefficient (Wildman–Crippen LogP) is 1.68. The van der Waals surface area contributed by atoms with E-state index >= 15 is 0 Å². The van der Waals surface area contributed by atoms with Crippen LogP contribution >= 0.6 is 0 Å². The zero-order chi connectivity index (χ0) is 24.8. The highest BCUT2D eigenvalue weighted by Gasteiger charge is 2.25. The van der Waals surface area contributed by atoms with E-state index in [1.807, 2.05) is 0 Å². The van der Waals surface area contributed by atoms with Crippen molar-refractivity contribution in [1.82, 2.24) is 0 Å². The van der Waals surface area contributed by atoms with Gasteiger partial charge < -0.3 is 24.3 Å². The first kappa shape index (κ1) is 25.5. The summed E-state index contributed by atoms with van der Waals surface area (Å²) in [6.07, 6.45) is 0.932. The number of hydrogen-bond acceptors (Lipinski definition) is 9. The van der Waals surface area contributed by atoms with Gasteiger partial charge in [0.15, 0.2) is 0 Å². The number of nitrogens with one attached hydrogen (secondary N) is 1. The van der Waals surface area contributed by atoms with Crippen LogP contribution in [0.4, 0.5) is 11.4 Å². The van der Waals surface area contributed by atoms with Gasteiger partial charge in [0.05, 0.1) is 57.2 Å². The lowest BCUT2D eigenvalue weighted by Gasteiger charge is -2.24. The summed E-state index contributed by atoms with van der Waals surface area (Å²) >= 11 is 0. The van der Waals surface area contributed by atoms with Crippen molar-refractivity contribution in [2.45, 2.75) is 0 Å². The largest absolute Gasteiger partial charge is 0.497 e. The Morgan fingerprint density at radius 1 is 0.909 bits per heavy atom. The molecule has 1 amide bonds. The molecule has 0 spiro atoms. The molecule has 11 nitrogen and oxygen atoms in total. The highest BCUT2D eigenvalue weighted by molar-refractivity contribution is 7.92. The van der Waals surface area contributed by atoms with Crippen molar-refractivity contribution in [2.75, 3.05) is 50.9 Å². The maximum atomic E-state index is 12.8. The second-order valence-electron chi connectivity index (χ2n) is 6.60. The first-order valence-electron chi connectivity index (χ1n) is 9.36. The van der Waals surface area contributed by atoms with Gasteiger partial charge in [-0.15, -0.1) is 0 Å². The summed E-state index contributed by atoms with van der Waals surface area (Å²) in [5.41, 5.74) is 0.0843. The van der Waals surface area contributed by atoms with Crippen molar-refractivity contribution in [3.05, 3.63) is 47.5 Å². The third-order valence-corrected chi connectivity index (χ3v) is 5.59. The van der Waals surface area contributed by atoms with Crippen LogP contribution in [0.5, 0.6) is 11.5 Å².